The van der Waals surface area contributed by atoms with Crippen molar-refractivity contribution in [1.29, 1.82) is 0 Å². The Labute approximate surface area is 223 Å². The molecule has 1 spiro atoms. The Morgan fingerprint density at radius 1 is 1.16 bits per heavy atom. The normalized spacial score (nSPS) is 22.5. The predicted molar refractivity (Wildman–Crippen MR) is 145 cm³/mol. The van der Waals surface area contributed by atoms with Gasteiger partial charge in [0.05, 0.1) is 12.1 Å². The minimum absolute atomic E-state index is 0.0374. The zero-order valence-corrected chi connectivity index (χ0v) is 22.3. The number of nitrogens with zero attached hydrogens (tertiary/aromatic N) is 4. The average Bonchev–Trinajstić information content (AvgIpc) is 3.43. The summed E-state index contributed by atoms with van der Waals surface area (Å²) in [4.78, 5) is 36.1. The molecule has 2 aromatic carbocycles. The number of carbonyl (C=O) groups is 2. The van der Waals surface area contributed by atoms with E-state index < -0.39 is 5.54 Å². The molecule has 202 valence electrons. The molecule has 5 rings (SSSR count). The number of piperidine rings is 1. The summed E-state index contributed by atoms with van der Waals surface area (Å²) in [6.07, 6.45) is 2.19. The number of halogens is 1. The molecule has 2 aromatic rings. The molecule has 0 saturated carbocycles. The first kappa shape index (κ1) is 26.2. The van der Waals surface area contributed by atoms with Gasteiger partial charge in [-0.25, -0.2) is 9.18 Å². The predicted octanol–water partition coefficient (Wildman–Crippen LogP) is 4.20. The van der Waals surface area contributed by atoms with Gasteiger partial charge >= 0.3 is 6.03 Å². The fraction of sp³-hybridized carbons (Fsp3) is 0.483. The highest BCUT2D eigenvalue weighted by Gasteiger charge is 2.53. The summed E-state index contributed by atoms with van der Waals surface area (Å²) >= 11 is 0. The molecule has 0 aromatic heterocycles. The first-order chi connectivity index (χ1) is 18.2. The molecule has 0 radical (unpaired) electrons. The molecule has 8 nitrogen and oxygen atoms in total. The number of nitrogens with one attached hydrogen (secondary N) is 1. The van der Waals surface area contributed by atoms with E-state index in [1.807, 2.05) is 26.0 Å². The van der Waals surface area contributed by atoms with E-state index in [-0.39, 0.29) is 29.9 Å². The van der Waals surface area contributed by atoms with Crippen LogP contribution in [0.2, 0.25) is 0 Å². The zero-order valence-electron chi connectivity index (χ0n) is 22.3. The van der Waals surface area contributed by atoms with Gasteiger partial charge in [-0.2, -0.15) is 0 Å². The molecule has 38 heavy (non-hydrogen) atoms. The van der Waals surface area contributed by atoms with Gasteiger partial charge in [-0.05, 0) is 69.0 Å². The highest BCUT2D eigenvalue weighted by atomic mass is 19.1. The van der Waals surface area contributed by atoms with Gasteiger partial charge in [0.2, 0.25) is 5.91 Å². The highest BCUT2D eigenvalue weighted by Crippen LogP contribution is 2.39. The van der Waals surface area contributed by atoms with Gasteiger partial charge in [0.15, 0.2) is 0 Å². The topological polar surface area (TPSA) is 77.5 Å². The van der Waals surface area contributed by atoms with Crippen LogP contribution in [0.5, 0.6) is 5.75 Å². The third-order valence-electron chi connectivity index (χ3n) is 7.64. The van der Waals surface area contributed by atoms with Crippen LogP contribution >= 0.6 is 0 Å². The summed E-state index contributed by atoms with van der Waals surface area (Å²) in [6, 6.07) is 14.0. The van der Waals surface area contributed by atoms with Crippen LogP contribution in [-0.4, -0.2) is 71.4 Å². The van der Waals surface area contributed by atoms with Crippen molar-refractivity contribution in [2.45, 2.75) is 64.3 Å². The van der Waals surface area contributed by atoms with Crippen LogP contribution in [0.3, 0.4) is 0 Å². The summed E-state index contributed by atoms with van der Waals surface area (Å²) < 4.78 is 20.1. The first-order valence-corrected chi connectivity index (χ1v) is 13.4. The number of anilines is 1. The fourth-order valence-corrected chi connectivity index (χ4v) is 5.81. The van der Waals surface area contributed by atoms with Crippen LogP contribution in [-0.2, 0) is 11.3 Å². The number of ether oxygens (including phenoxy) is 1. The molecule has 3 saturated heterocycles. The van der Waals surface area contributed by atoms with E-state index in [1.54, 1.807) is 28.9 Å². The van der Waals surface area contributed by atoms with Crippen molar-refractivity contribution in [2.24, 2.45) is 4.99 Å². The number of amidine groups is 1. The molecule has 0 bridgehead atoms. The molecule has 1 unspecified atom stereocenters. The molecule has 3 aliphatic rings. The van der Waals surface area contributed by atoms with Crippen molar-refractivity contribution in [3.8, 4) is 5.75 Å². The Morgan fingerprint density at radius 2 is 1.92 bits per heavy atom. The second kappa shape index (κ2) is 10.7. The molecule has 3 amide bonds. The number of hydrogen-bond donors (Lipinski definition) is 1. The van der Waals surface area contributed by atoms with Crippen molar-refractivity contribution >= 4 is 23.5 Å². The average molecular weight is 522 g/mol. The summed E-state index contributed by atoms with van der Waals surface area (Å²) in [5, 5.41) is 3.02. The second-order valence-corrected chi connectivity index (χ2v) is 10.8. The van der Waals surface area contributed by atoms with E-state index in [9.17, 15) is 14.0 Å². The van der Waals surface area contributed by atoms with Crippen molar-refractivity contribution in [3.63, 3.8) is 0 Å². The van der Waals surface area contributed by atoms with Crippen LogP contribution < -0.4 is 15.0 Å². The Hall–Kier alpha value is -3.46. The lowest BCUT2D eigenvalue weighted by Gasteiger charge is -2.43. The lowest BCUT2D eigenvalue weighted by molar-refractivity contribution is -0.127. The Kier molecular flexibility index (Phi) is 7.38. The summed E-state index contributed by atoms with van der Waals surface area (Å²) in [6.45, 7) is 9.08. The molecule has 3 fully saturated rings. The highest BCUT2D eigenvalue weighted by molar-refractivity contribution is 6.19. The first-order valence-electron chi connectivity index (χ1n) is 13.4. The number of hydrogen-bond acceptors (Lipinski definition) is 5. The van der Waals surface area contributed by atoms with Crippen LogP contribution in [0.1, 0.15) is 45.6 Å². The number of aliphatic imine (C=N–C) groups is 1. The minimum atomic E-state index is -0.687. The molecule has 3 heterocycles. The van der Waals surface area contributed by atoms with Gasteiger partial charge in [-0.3, -0.25) is 24.9 Å². The fourth-order valence-electron chi connectivity index (χ4n) is 5.81. The minimum Gasteiger partial charge on any atom is -0.491 e. The smallest absolute Gasteiger partial charge is 0.328 e. The molecule has 0 aliphatic carbocycles. The molecular weight excluding hydrogens is 485 g/mol. The van der Waals surface area contributed by atoms with Gasteiger partial charge in [0.1, 0.15) is 22.9 Å². The van der Waals surface area contributed by atoms with E-state index >= 15 is 0 Å². The van der Waals surface area contributed by atoms with Crippen molar-refractivity contribution in [1.82, 2.24) is 15.1 Å². The van der Waals surface area contributed by atoms with Crippen LogP contribution in [0.25, 0.3) is 0 Å². The SMILES string of the molecule is CC(=O)N1CCC(N=C2NC(=O)N(c3cccc(F)c3)C23CCN(Cc2cccc(OC(C)C)c2)CC3)C1. The molecule has 3 aliphatic heterocycles. The number of amides is 3. The third-order valence-corrected chi connectivity index (χ3v) is 7.64. The van der Waals surface area contributed by atoms with Crippen LogP contribution in [0, 0.1) is 5.82 Å². The lowest BCUT2D eigenvalue weighted by atomic mass is 9.84. The maximum absolute atomic E-state index is 14.2. The number of carbonyl (C=O) groups excluding carboxylic acids is 2. The van der Waals surface area contributed by atoms with Gasteiger partial charge in [0, 0.05) is 45.3 Å². The van der Waals surface area contributed by atoms with Gasteiger partial charge in [0.25, 0.3) is 0 Å². The number of rotatable bonds is 6. The number of urea groups is 1. The molecule has 1 N–H and O–H groups in total. The quantitative estimate of drug-likeness (QED) is 0.618. The maximum atomic E-state index is 14.2. The van der Waals surface area contributed by atoms with Crippen LogP contribution in [0.4, 0.5) is 14.9 Å². The van der Waals surface area contributed by atoms with E-state index in [1.165, 1.54) is 17.7 Å². The molecular formula is C29H36FN5O3. The third kappa shape index (κ3) is 5.38. The lowest BCUT2D eigenvalue weighted by Crippen LogP contribution is -2.57. The van der Waals surface area contributed by atoms with E-state index in [4.69, 9.17) is 9.73 Å². The van der Waals surface area contributed by atoms with Gasteiger partial charge in [-0.15, -0.1) is 0 Å². The summed E-state index contributed by atoms with van der Waals surface area (Å²) in [7, 11) is 0. The van der Waals surface area contributed by atoms with Crippen molar-refractivity contribution < 1.29 is 18.7 Å². The summed E-state index contributed by atoms with van der Waals surface area (Å²) in [5.41, 5.74) is 1.01. The second-order valence-electron chi connectivity index (χ2n) is 10.8. The standard InChI is InChI=1S/C29H36FN5O3/c1-20(2)38-26-9-4-6-22(16-26)18-33-14-11-29(12-15-33)27(31-24-10-13-34(19-24)21(3)36)32-28(37)35(29)25-8-5-7-23(30)17-25/h4-9,16-17,20,24H,10-15,18-19H2,1-3H3,(H,31,32,37). The van der Waals surface area contributed by atoms with Crippen LogP contribution in [0.15, 0.2) is 53.5 Å². The zero-order chi connectivity index (χ0) is 26.9. The van der Waals surface area contributed by atoms with E-state index in [0.717, 1.165) is 31.8 Å². The number of benzene rings is 2. The largest absolute Gasteiger partial charge is 0.491 e. The Balaban J connectivity index is 1.39. The molecule has 9 heteroatoms. The maximum Gasteiger partial charge on any atom is 0.328 e. The van der Waals surface area contributed by atoms with Crippen molar-refractivity contribution in [2.75, 3.05) is 31.1 Å². The monoisotopic (exact) mass is 521 g/mol. The van der Waals surface area contributed by atoms with E-state index in [0.29, 0.717) is 37.5 Å². The van der Waals surface area contributed by atoms with Crippen molar-refractivity contribution in [3.05, 3.63) is 59.9 Å². The summed E-state index contributed by atoms with van der Waals surface area (Å²) in [5.74, 6) is 1.15. The van der Waals surface area contributed by atoms with Gasteiger partial charge in [-0.1, -0.05) is 18.2 Å². The Morgan fingerprint density at radius 3 is 2.61 bits per heavy atom. The molecule has 1 atom stereocenters. The number of likely N-dealkylation sites (tertiary alicyclic amines) is 2. The van der Waals surface area contributed by atoms with Gasteiger partial charge < -0.3 is 9.64 Å². The van der Waals surface area contributed by atoms with E-state index in [2.05, 4.69) is 22.3 Å². The Bertz CT molecular complexity index is 1220.